The van der Waals surface area contributed by atoms with E-state index in [9.17, 15) is 9.59 Å². The van der Waals surface area contributed by atoms with E-state index in [0.29, 0.717) is 18.7 Å². The monoisotopic (exact) mass is 356 g/mol. The zero-order valence-corrected chi connectivity index (χ0v) is 15.1. The Morgan fingerprint density at radius 3 is 2.54 bits per heavy atom. The van der Waals surface area contributed by atoms with Crippen LogP contribution >= 0.6 is 0 Å². The van der Waals surface area contributed by atoms with Gasteiger partial charge in [-0.15, -0.1) is 0 Å². The predicted molar refractivity (Wildman–Crippen MR) is 100 cm³/mol. The number of esters is 1. The number of benzene rings is 2. The van der Waals surface area contributed by atoms with Crippen molar-refractivity contribution in [3.63, 3.8) is 0 Å². The van der Waals surface area contributed by atoms with Gasteiger partial charge in [0.2, 0.25) is 5.91 Å². The number of methoxy groups -OCH3 is 1. The number of rotatable bonds is 9. The second kappa shape index (κ2) is 10.1. The van der Waals surface area contributed by atoms with Crippen LogP contribution in [0.15, 0.2) is 48.5 Å². The molecule has 2 N–H and O–H groups in total. The fraction of sp³-hybridized carbons (Fsp3) is 0.300. The molecule has 0 fully saturated rings. The van der Waals surface area contributed by atoms with Gasteiger partial charge in [0.25, 0.3) is 0 Å². The second-order valence-electron chi connectivity index (χ2n) is 5.70. The van der Waals surface area contributed by atoms with E-state index in [1.807, 2.05) is 31.2 Å². The van der Waals surface area contributed by atoms with E-state index >= 15 is 0 Å². The van der Waals surface area contributed by atoms with Crippen LogP contribution in [0, 0.1) is 0 Å². The predicted octanol–water partition coefficient (Wildman–Crippen LogP) is 2.99. The molecule has 0 atom stereocenters. The van der Waals surface area contributed by atoms with E-state index < -0.39 is 0 Å². The topological polar surface area (TPSA) is 76.7 Å². The molecule has 6 heteroatoms. The molecule has 0 heterocycles. The molecule has 1 amide bonds. The highest BCUT2D eigenvalue weighted by atomic mass is 16.5. The first-order valence-corrected chi connectivity index (χ1v) is 8.53. The van der Waals surface area contributed by atoms with E-state index in [0.717, 1.165) is 23.4 Å². The zero-order chi connectivity index (χ0) is 18.8. The molecule has 0 aliphatic rings. The smallest absolute Gasteiger partial charge is 0.338 e. The fourth-order valence-electron chi connectivity index (χ4n) is 2.23. The van der Waals surface area contributed by atoms with Gasteiger partial charge in [-0.05, 0) is 48.4 Å². The average Bonchev–Trinajstić information content (AvgIpc) is 2.69. The summed E-state index contributed by atoms with van der Waals surface area (Å²) in [6, 6.07) is 14.4. The summed E-state index contributed by atoms with van der Waals surface area (Å²) in [4.78, 5) is 23.7. The van der Waals surface area contributed by atoms with E-state index in [1.54, 1.807) is 31.4 Å². The number of amides is 1. The molecule has 0 saturated heterocycles. The zero-order valence-electron chi connectivity index (χ0n) is 15.1. The first-order chi connectivity index (χ1) is 12.6. The fourth-order valence-corrected chi connectivity index (χ4v) is 2.23. The number of carbonyl (C=O) groups excluding carboxylic acids is 2. The van der Waals surface area contributed by atoms with Crippen molar-refractivity contribution in [2.24, 2.45) is 0 Å². The summed E-state index contributed by atoms with van der Waals surface area (Å²) in [7, 11) is 1.61. The molecular formula is C20H24N2O4. The molecule has 0 saturated carbocycles. The summed E-state index contributed by atoms with van der Waals surface area (Å²) in [6.07, 6.45) is 0.788. The molecule has 0 radical (unpaired) electrons. The molecule has 0 unspecified atom stereocenters. The third-order valence-electron chi connectivity index (χ3n) is 3.63. The van der Waals surface area contributed by atoms with Crippen LogP contribution in [-0.4, -0.2) is 32.1 Å². The van der Waals surface area contributed by atoms with Crippen molar-refractivity contribution in [3.05, 3.63) is 59.7 Å². The second-order valence-corrected chi connectivity index (χ2v) is 5.70. The number of nitrogens with one attached hydrogen (secondary N) is 2. The largest absolute Gasteiger partial charge is 0.497 e. The quantitative estimate of drug-likeness (QED) is 0.676. The van der Waals surface area contributed by atoms with Crippen LogP contribution in [0.3, 0.4) is 0 Å². The lowest BCUT2D eigenvalue weighted by Crippen LogP contribution is -2.29. The summed E-state index contributed by atoms with van der Waals surface area (Å²) in [5, 5.41) is 5.87. The Morgan fingerprint density at radius 2 is 1.85 bits per heavy atom. The minimum Gasteiger partial charge on any atom is -0.497 e. The van der Waals surface area contributed by atoms with Gasteiger partial charge in [-0.2, -0.15) is 0 Å². The third kappa shape index (κ3) is 6.12. The molecule has 2 aromatic carbocycles. The van der Waals surface area contributed by atoms with Gasteiger partial charge in [0, 0.05) is 12.2 Å². The van der Waals surface area contributed by atoms with Crippen molar-refractivity contribution >= 4 is 17.6 Å². The van der Waals surface area contributed by atoms with Gasteiger partial charge >= 0.3 is 5.97 Å². The van der Waals surface area contributed by atoms with Gasteiger partial charge in [-0.1, -0.05) is 19.1 Å². The molecule has 2 rings (SSSR count). The van der Waals surface area contributed by atoms with Crippen molar-refractivity contribution in [2.75, 3.05) is 25.6 Å². The van der Waals surface area contributed by atoms with Crippen molar-refractivity contribution in [2.45, 2.75) is 19.9 Å². The van der Waals surface area contributed by atoms with Gasteiger partial charge in [0.05, 0.1) is 25.8 Å². The Hall–Kier alpha value is -3.02. The Morgan fingerprint density at radius 1 is 1.08 bits per heavy atom. The van der Waals surface area contributed by atoms with E-state index in [4.69, 9.17) is 9.47 Å². The molecule has 0 bridgehead atoms. The summed E-state index contributed by atoms with van der Waals surface area (Å²) in [6.45, 7) is 2.93. The lowest BCUT2D eigenvalue weighted by molar-refractivity contribution is -0.119. The molecule has 138 valence electrons. The van der Waals surface area contributed by atoms with Crippen molar-refractivity contribution in [3.8, 4) is 5.75 Å². The van der Waals surface area contributed by atoms with Gasteiger partial charge in [-0.25, -0.2) is 4.79 Å². The van der Waals surface area contributed by atoms with Gasteiger partial charge < -0.3 is 20.1 Å². The van der Waals surface area contributed by atoms with Crippen molar-refractivity contribution in [1.29, 1.82) is 0 Å². The number of carbonyl (C=O) groups is 2. The molecule has 6 nitrogen and oxygen atoms in total. The van der Waals surface area contributed by atoms with Gasteiger partial charge in [0.1, 0.15) is 5.75 Å². The SMILES string of the molecule is CCCOC(=O)c1ccc(NCC(=O)NCc2cccc(OC)c2)cc1. The maximum Gasteiger partial charge on any atom is 0.338 e. The summed E-state index contributed by atoms with van der Waals surface area (Å²) in [5.41, 5.74) is 2.22. The Bertz CT molecular complexity index is 729. The first-order valence-electron chi connectivity index (χ1n) is 8.53. The van der Waals surface area contributed by atoms with Crippen LogP contribution in [-0.2, 0) is 16.1 Å². The highest BCUT2D eigenvalue weighted by molar-refractivity contribution is 5.90. The lowest BCUT2D eigenvalue weighted by Gasteiger charge is -2.09. The highest BCUT2D eigenvalue weighted by Crippen LogP contribution is 2.12. The van der Waals surface area contributed by atoms with Crippen molar-refractivity contribution in [1.82, 2.24) is 5.32 Å². The summed E-state index contributed by atoms with van der Waals surface area (Å²) < 4.78 is 10.2. The number of anilines is 1. The molecule has 0 aliphatic heterocycles. The summed E-state index contributed by atoms with van der Waals surface area (Å²) in [5.74, 6) is 0.293. The van der Waals surface area contributed by atoms with Crippen LogP contribution < -0.4 is 15.4 Å². The number of ether oxygens (including phenoxy) is 2. The molecule has 0 aliphatic carbocycles. The highest BCUT2D eigenvalue weighted by Gasteiger charge is 2.07. The van der Waals surface area contributed by atoms with Gasteiger partial charge in [0.15, 0.2) is 0 Å². The average molecular weight is 356 g/mol. The Kier molecular flexibility index (Phi) is 7.49. The van der Waals surface area contributed by atoms with Crippen LogP contribution in [0.2, 0.25) is 0 Å². The normalized spacial score (nSPS) is 10.1. The molecule has 2 aromatic rings. The lowest BCUT2D eigenvalue weighted by atomic mass is 10.2. The Labute approximate surface area is 153 Å². The third-order valence-corrected chi connectivity index (χ3v) is 3.63. The van der Waals surface area contributed by atoms with Crippen LogP contribution in [0.1, 0.15) is 29.3 Å². The summed E-state index contributed by atoms with van der Waals surface area (Å²) >= 11 is 0. The van der Waals surface area contributed by atoms with Crippen LogP contribution in [0.5, 0.6) is 5.75 Å². The maximum atomic E-state index is 12.0. The number of hydrogen-bond donors (Lipinski definition) is 2. The minimum absolute atomic E-state index is 0.126. The Balaban J connectivity index is 1.77. The minimum atomic E-state index is -0.338. The first kappa shape index (κ1) is 19.3. The van der Waals surface area contributed by atoms with Crippen LogP contribution in [0.4, 0.5) is 5.69 Å². The molecule has 26 heavy (non-hydrogen) atoms. The van der Waals surface area contributed by atoms with Crippen LogP contribution in [0.25, 0.3) is 0 Å². The standard InChI is InChI=1S/C20H24N2O4/c1-3-11-26-20(24)16-7-9-17(10-8-16)21-14-19(23)22-13-15-5-4-6-18(12-15)25-2/h4-10,12,21H,3,11,13-14H2,1-2H3,(H,22,23). The maximum absolute atomic E-state index is 12.0. The molecule has 0 spiro atoms. The van der Waals surface area contributed by atoms with Gasteiger partial charge in [-0.3, -0.25) is 4.79 Å². The van der Waals surface area contributed by atoms with E-state index in [1.165, 1.54) is 0 Å². The van der Waals surface area contributed by atoms with E-state index in [2.05, 4.69) is 10.6 Å². The molecule has 0 aromatic heterocycles. The molecular weight excluding hydrogens is 332 g/mol. The van der Waals surface area contributed by atoms with E-state index in [-0.39, 0.29) is 18.4 Å². The van der Waals surface area contributed by atoms with Crippen molar-refractivity contribution < 1.29 is 19.1 Å². The number of hydrogen-bond acceptors (Lipinski definition) is 5.